The Labute approximate surface area is 113 Å². The van der Waals surface area contributed by atoms with Crippen molar-refractivity contribution in [1.29, 1.82) is 0 Å². The van der Waals surface area contributed by atoms with Crippen LogP contribution in [0, 0.1) is 0 Å². The maximum atomic E-state index is 4.60. The number of rotatable bonds is 4. The molecule has 0 unspecified atom stereocenters. The van der Waals surface area contributed by atoms with E-state index in [0.29, 0.717) is 0 Å². The van der Waals surface area contributed by atoms with E-state index in [1.54, 1.807) is 18.5 Å². The molecule has 4 heteroatoms. The van der Waals surface area contributed by atoms with Crippen LogP contribution >= 0.6 is 0 Å². The van der Waals surface area contributed by atoms with E-state index in [0.717, 1.165) is 22.6 Å². The minimum Gasteiger partial charge on any atom is -0.378 e. The van der Waals surface area contributed by atoms with Crippen molar-refractivity contribution in [2.75, 3.05) is 19.0 Å². The van der Waals surface area contributed by atoms with Gasteiger partial charge in [-0.05, 0) is 13.0 Å². The van der Waals surface area contributed by atoms with Crippen LogP contribution < -0.4 is 4.90 Å². The van der Waals surface area contributed by atoms with Gasteiger partial charge in [0.25, 0.3) is 0 Å². The van der Waals surface area contributed by atoms with Gasteiger partial charge >= 0.3 is 0 Å². The molecule has 2 aromatic rings. The topological polar surface area (TPSA) is 32.9 Å². The first-order valence-electron chi connectivity index (χ1n) is 6.12. The number of hydrogen-bond donors (Lipinski definition) is 0. The number of aromatic nitrogens is 2. The summed E-state index contributed by atoms with van der Waals surface area (Å²) in [5, 5.41) is 0. The third-order valence-corrected chi connectivity index (χ3v) is 2.84. The standard InChI is InChI=1S/C15H18N4/c1-5-12(10-16-6-2)14-11-19-8-7-13(18(3)4)9-15(19)17-14/h5-11H,1H2,2-4H3/b12-10+,16-6?. The van der Waals surface area contributed by atoms with E-state index in [9.17, 15) is 0 Å². The lowest BCUT2D eigenvalue weighted by molar-refractivity contribution is 1.10. The van der Waals surface area contributed by atoms with E-state index in [-0.39, 0.29) is 0 Å². The molecule has 2 rings (SSSR count). The maximum absolute atomic E-state index is 4.60. The van der Waals surface area contributed by atoms with Crippen molar-refractivity contribution >= 4 is 23.1 Å². The quantitative estimate of drug-likeness (QED) is 0.620. The number of fused-ring (bicyclic) bond motifs is 1. The number of pyridine rings is 1. The Kier molecular flexibility index (Phi) is 3.80. The Morgan fingerprint density at radius 1 is 1.47 bits per heavy atom. The first-order chi connectivity index (χ1) is 9.15. The van der Waals surface area contributed by atoms with E-state index < -0.39 is 0 Å². The van der Waals surface area contributed by atoms with Crippen molar-refractivity contribution in [3.05, 3.63) is 49.1 Å². The van der Waals surface area contributed by atoms with Gasteiger partial charge in [0.2, 0.25) is 0 Å². The third-order valence-electron chi connectivity index (χ3n) is 2.84. The lowest BCUT2D eigenvalue weighted by Crippen LogP contribution is -2.08. The molecular formula is C15H18N4. The molecule has 19 heavy (non-hydrogen) atoms. The first-order valence-corrected chi connectivity index (χ1v) is 6.12. The Balaban J connectivity index is 2.49. The molecule has 0 saturated heterocycles. The van der Waals surface area contributed by atoms with Crippen molar-refractivity contribution in [2.45, 2.75) is 6.92 Å². The fourth-order valence-electron chi connectivity index (χ4n) is 1.77. The largest absolute Gasteiger partial charge is 0.378 e. The number of nitrogens with zero attached hydrogens (tertiary/aromatic N) is 4. The fraction of sp³-hybridized carbons (Fsp3) is 0.200. The van der Waals surface area contributed by atoms with E-state index in [1.165, 1.54) is 0 Å². The highest BCUT2D eigenvalue weighted by Crippen LogP contribution is 2.19. The molecule has 0 radical (unpaired) electrons. The maximum Gasteiger partial charge on any atom is 0.139 e. The Morgan fingerprint density at radius 2 is 2.26 bits per heavy atom. The minimum atomic E-state index is 0.872. The van der Waals surface area contributed by atoms with E-state index in [1.807, 2.05) is 43.9 Å². The molecule has 2 aromatic heterocycles. The second-order valence-corrected chi connectivity index (χ2v) is 4.37. The van der Waals surface area contributed by atoms with E-state index in [2.05, 4.69) is 27.5 Å². The number of aliphatic imine (C=N–C) groups is 1. The smallest absolute Gasteiger partial charge is 0.139 e. The molecule has 0 aliphatic carbocycles. The zero-order chi connectivity index (χ0) is 13.8. The Morgan fingerprint density at radius 3 is 2.89 bits per heavy atom. The molecule has 0 saturated carbocycles. The molecule has 0 bridgehead atoms. The zero-order valence-corrected chi connectivity index (χ0v) is 11.5. The molecule has 0 amide bonds. The molecule has 0 aliphatic heterocycles. The number of allylic oxidation sites excluding steroid dienone is 2. The minimum absolute atomic E-state index is 0.872. The zero-order valence-electron chi connectivity index (χ0n) is 11.5. The van der Waals surface area contributed by atoms with Gasteiger partial charge in [-0.25, -0.2) is 4.98 Å². The van der Waals surface area contributed by atoms with Gasteiger partial charge in [0, 0.05) is 56.2 Å². The number of hydrogen-bond acceptors (Lipinski definition) is 3. The number of anilines is 1. The van der Waals surface area contributed by atoms with Crippen LogP contribution in [0.15, 0.2) is 48.4 Å². The van der Waals surface area contributed by atoms with Crippen LogP contribution in [0.3, 0.4) is 0 Å². The summed E-state index contributed by atoms with van der Waals surface area (Å²) in [5.41, 5.74) is 3.82. The van der Waals surface area contributed by atoms with Crippen LogP contribution in [0.1, 0.15) is 12.6 Å². The monoisotopic (exact) mass is 254 g/mol. The van der Waals surface area contributed by atoms with Gasteiger partial charge in [-0.15, -0.1) is 0 Å². The van der Waals surface area contributed by atoms with Crippen molar-refractivity contribution in [1.82, 2.24) is 9.38 Å². The van der Waals surface area contributed by atoms with Crippen molar-refractivity contribution in [3.8, 4) is 0 Å². The summed E-state index contributed by atoms with van der Waals surface area (Å²) in [6.45, 7) is 5.69. The average molecular weight is 254 g/mol. The summed E-state index contributed by atoms with van der Waals surface area (Å²) in [5.74, 6) is 0. The lowest BCUT2D eigenvalue weighted by atomic mass is 10.2. The molecule has 0 aromatic carbocycles. The first kappa shape index (κ1) is 13.1. The van der Waals surface area contributed by atoms with Crippen LogP contribution in [-0.4, -0.2) is 29.7 Å². The summed E-state index contributed by atoms with van der Waals surface area (Å²) in [6.07, 6.45) is 9.26. The molecule has 4 nitrogen and oxygen atoms in total. The molecule has 0 N–H and O–H groups in total. The van der Waals surface area contributed by atoms with Gasteiger partial charge in [-0.3, -0.25) is 4.99 Å². The fourth-order valence-corrected chi connectivity index (χ4v) is 1.77. The van der Waals surface area contributed by atoms with Gasteiger partial charge < -0.3 is 9.30 Å². The van der Waals surface area contributed by atoms with Crippen LogP contribution in [0.4, 0.5) is 5.69 Å². The van der Waals surface area contributed by atoms with Crippen LogP contribution in [0.2, 0.25) is 0 Å². The normalized spacial score (nSPS) is 12.3. The second kappa shape index (κ2) is 5.52. The van der Waals surface area contributed by atoms with Crippen molar-refractivity contribution in [3.63, 3.8) is 0 Å². The number of imidazole rings is 1. The molecule has 2 heterocycles. The summed E-state index contributed by atoms with van der Waals surface area (Å²) in [6, 6.07) is 4.10. The predicted octanol–water partition coefficient (Wildman–Crippen LogP) is 3.02. The van der Waals surface area contributed by atoms with Gasteiger partial charge in [-0.1, -0.05) is 12.7 Å². The third kappa shape index (κ3) is 2.73. The summed E-state index contributed by atoms with van der Waals surface area (Å²) in [7, 11) is 4.03. The average Bonchev–Trinajstić information content (AvgIpc) is 2.82. The molecule has 0 atom stereocenters. The summed E-state index contributed by atoms with van der Waals surface area (Å²) in [4.78, 5) is 10.8. The van der Waals surface area contributed by atoms with Gasteiger partial charge in [0.05, 0.1) is 5.69 Å². The molecule has 0 fully saturated rings. The second-order valence-electron chi connectivity index (χ2n) is 4.37. The highest BCUT2D eigenvalue weighted by atomic mass is 15.1. The van der Waals surface area contributed by atoms with Crippen LogP contribution in [-0.2, 0) is 0 Å². The van der Waals surface area contributed by atoms with Crippen LogP contribution in [0.25, 0.3) is 11.2 Å². The SMILES string of the molecule is C=C/C(=C\N=CC)c1cn2ccc(N(C)C)cc2n1. The van der Waals surface area contributed by atoms with Crippen molar-refractivity contribution in [2.24, 2.45) is 4.99 Å². The van der Waals surface area contributed by atoms with Crippen molar-refractivity contribution < 1.29 is 0 Å². The highest BCUT2D eigenvalue weighted by Gasteiger charge is 2.05. The van der Waals surface area contributed by atoms with Gasteiger partial charge in [-0.2, -0.15) is 0 Å². The van der Waals surface area contributed by atoms with Crippen LogP contribution in [0.5, 0.6) is 0 Å². The molecule has 98 valence electrons. The Bertz CT molecular complexity index is 647. The van der Waals surface area contributed by atoms with Gasteiger partial charge in [0.15, 0.2) is 0 Å². The van der Waals surface area contributed by atoms with E-state index in [4.69, 9.17) is 0 Å². The van der Waals surface area contributed by atoms with Gasteiger partial charge in [0.1, 0.15) is 5.65 Å². The van der Waals surface area contributed by atoms with E-state index >= 15 is 0 Å². The molecular weight excluding hydrogens is 236 g/mol. The summed E-state index contributed by atoms with van der Waals surface area (Å²) >= 11 is 0. The lowest BCUT2D eigenvalue weighted by Gasteiger charge is -2.11. The Hall–Kier alpha value is -2.36. The molecule has 0 spiro atoms. The molecule has 0 aliphatic rings. The predicted molar refractivity (Wildman–Crippen MR) is 81.9 cm³/mol. The summed E-state index contributed by atoms with van der Waals surface area (Å²) < 4.78 is 2.00. The highest BCUT2D eigenvalue weighted by molar-refractivity contribution is 5.74.